The molecule has 1 aliphatic rings. The zero-order valence-corrected chi connectivity index (χ0v) is 15.3. The van der Waals surface area contributed by atoms with Gasteiger partial charge in [0.2, 0.25) is 0 Å². The number of nitro groups is 1. The number of ether oxygens (including phenoxy) is 2. The van der Waals surface area contributed by atoms with Gasteiger partial charge < -0.3 is 14.8 Å². The summed E-state index contributed by atoms with van der Waals surface area (Å²) in [5, 5.41) is 14.7. The Morgan fingerprint density at radius 3 is 2.04 bits per heavy atom. The summed E-state index contributed by atoms with van der Waals surface area (Å²) in [6.45, 7) is 5.71. The number of dihydropyridines is 1. The van der Waals surface area contributed by atoms with Crippen LogP contribution in [0.25, 0.3) is 0 Å². The molecule has 0 spiro atoms. The maximum absolute atomic E-state index is 11.6. The molecule has 0 radical (unpaired) electrons. The van der Waals surface area contributed by atoms with Crippen LogP contribution in [0.1, 0.15) is 39.2 Å². The summed E-state index contributed by atoms with van der Waals surface area (Å²) in [7, 11) is 0. The molecule has 0 aromatic heterocycles. The molecule has 1 aromatic rings. The number of hydrogen-bond acceptors (Lipinski definition) is 7. The minimum Gasteiger partial charge on any atom is -0.428 e. The summed E-state index contributed by atoms with van der Waals surface area (Å²) in [5.74, 6) is -2.01. The molecule has 0 aliphatic carbocycles. The van der Waals surface area contributed by atoms with E-state index in [1.807, 2.05) is 0 Å². The van der Waals surface area contributed by atoms with Gasteiger partial charge in [0.05, 0.1) is 16.3 Å². The van der Waals surface area contributed by atoms with Gasteiger partial charge >= 0.3 is 11.9 Å². The van der Waals surface area contributed by atoms with Crippen molar-refractivity contribution in [1.82, 2.24) is 5.32 Å². The summed E-state index contributed by atoms with van der Waals surface area (Å²) in [4.78, 5) is 34.0. The SMILES string of the molecule is CC(=O)OC1=C(C)NC(C)=C(OC(C)=O)C1c1cc(Cl)ccc1[N+](=O)[O-]. The van der Waals surface area contributed by atoms with Crippen LogP contribution in [0.2, 0.25) is 5.02 Å². The monoisotopic (exact) mass is 380 g/mol. The van der Waals surface area contributed by atoms with Gasteiger partial charge in [-0.2, -0.15) is 0 Å². The second-order valence-electron chi connectivity index (χ2n) is 5.68. The van der Waals surface area contributed by atoms with Crippen molar-refractivity contribution >= 4 is 29.2 Å². The van der Waals surface area contributed by atoms with Crippen LogP contribution >= 0.6 is 11.6 Å². The van der Waals surface area contributed by atoms with Gasteiger partial charge in [-0.05, 0) is 26.0 Å². The van der Waals surface area contributed by atoms with Crippen LogP contribution in [-0.2, 0) is 19.1 Å². The Kier molecular flexibility index (Phi) is 5.66. The van der Waals surface area contributed by atoms with Gasteiger partial charge in [0.15, 0.2) is 0 Å². The number of carbonyl (C=O) groups excluding carboxylic acids is 2. The van der Waals surface area contributed by atoms with Gasteiger partial charge in [0.25, 0.3) is 5.69 Å². The number of halogens is 1. The van der Waals surface area contributed by atoms with Crippen molar-refractivity contribution in [2.45, 2.75) is 33.6 Å². The molecule has 0 bridgehead atoms. The lowest BCUT2D eigenvalue weighted by Gasteiger charge is -2.30. The molecule has 0 saturated carbocycles. The van der Waals surface area contributed by atoms with Crippen molar-refractivity contribution in [3.63, 3.8) is 0 Å². The molecular formula is C17H17ClN2O6. The third-order valence-corrected chi connectivity index (χ3v) is 3.88. The van der Waals surface area contributed by atoms with E-state index in [4.69, 9.17) is 21.1 Å². The van der Waals surface area contributed by atoms with E-state index >= 15 is 0 Å². The Bertz CT molecular complexity index is 821. The Morgan fingerprint density at radius 2 is 1.62 bits per heavy atom. The smallest absolute Gasteiger partial charge is 0.307 e. The number of nitrogens with one attached hydrogen (secondary N) is 1. The Hall–Kier alpha value is -2.87. The van der Waals surface area contributed by atoms with Crippen molar-refractivity contribution in [3.05, 3.63) is 61.8 Å². The summed E-state index contributed by atoms with van der Waals surface area (Å²) in [5.41, 5.74) is 0.840. The molecular weight excluding hydrogens is 364 g/mol. The topological polar surface area (TPSA) is 108 Å². The minimum atomic E-state index is -0.983. The molecule has 9 heteroatoms. The van der Waals surface area contributed by atoms with Crippen molar-refractivity contribution in [3.8, 4) is 0 Å². The van der Waals surface area contributed by atoms with Crippen LogP contribution in [0.4, 0.5) is 5.69 Å². The molecule has 0 saturated heterocycles. The summed E-state index contributed by atoms with van der Waals surface area (Å²) in [6.07, 6.45) is 0. The maximum atomic E-state index is 11.6. The standard InChI is InChI=1S/C17H17ClN2O6/c1-8-16(25-10(3)21)15(17(9(2)19-8)26-11(4)22)13-7-12(18)5-6-14(13)20(23)24/h5-7,15,19H,1-4H3. The zero-order chi connectivity index (χ0) is 19.6. The molecule has 26 heavy (non-hydrogen) atoms. The first-order valence-corrected chi connectivity index (χ1v) is 7.98. The predicted octanol–water partition coefficient (Wildman–Crippen LogP) is 3.52. The molecule has 0 unspecified atom stereocenters. The van der Waals surface area contributed by atoms with Gasteiger partial charge in [-0.15, -0.1) is 0 Å². The predicted molar refractivity (Wildman–Crippen MR) is 92.9 cm³/mol. The molecule has 8 nitrogen and oxygen atoms in total. The number of rotatable bonds is 4. The van der Waals surface area contributed by atoms with Gasteiger partial charge in [-0.25, -0.2) is 0 Å². The van der Waals surface area contributed by atoms with E-state index in [-0.39, 0.29) is 27.8 Å². The van der Waals surface area contributed by atoms with E-state index in [9.17, 15) is 19.7 Å². The number of nitro benzene ring substituents is 1. The molecule has 0 atom stereocenters. The van der Waals surface area contributed by atoms with Gasteiger partial charge in [0, 0.05) is 30.5 Å². The summed E-state index contributed by atoms with van der Waals surface area (Å²) < 4.78 is 10.6. The Balaban J connectivity index is 2.76. The van der Waals surface area contributed by atoms with Crippen molar-refractivity contribution in [2.24, 2.45) is 0 Å². The number of hydrogen-bond donors (Lipinski definition) is 1. The van der Waals surface area contributed by atoms with Crippen LogP contribution in [0.3, 0.4) is 0 Å². The highest BCUT2D eigenvalue weighted by Crippen LogP contribution is 2.43. The molecule has 0 amide bonds. The summed E-state index contributed by atoms with van der Waals surface area (Å²) in [6, 6.07) is 4.03. The number of nitrogens with zero attached hydrogens (tertiary/aromatic N) is 1. The first kappa shape index (κ1) is 19.5. The van der Waals surface area contributed by atoms with Gasteiger partial charge in [-0.1, -0.05) is 11.6 Å². The van der Waals surface area contributed by atoms with Crippen molar-refractivity contribution in [1.29, 1.82) is 0 Å². The van der Waals surface area contributed by atoms with E-state index < -0.39 is 22.8 Å². The van der Waals surface area contributed by atoms with Crippen LogP contribution < -0.4 is 5.32 Å². The second kappa shape index (κ2) is 7.57. The van der Waals surface area contributed by atoms with Crippen LogP contribution in [0.5, 0.6) is 0 Å². The highest BCUT2D eigenvalue weighted by atomic mass is 35.5. The fraction of sp³-hybridized carbons (Fsp3) is 0.294. The van der Waals surface area contributed by atoms with E-state index in [0.29, 0.717) is 11.4 Å². The quantitative estimate of drug-likeness (QED) is 0.483. The number of esters is 2. The highest BCUT2D eigenvalue weighted by Gasteiger charge is 2.38. The average Bonchev–Trinajstić information content (AvgIpc) is 2.51. The fourth-order valence-electron chi connectivity index (χ4n) is 2.74. The van der Waals surface area contributed by atoms with Gasteiger partial charge in [-0.3, -0.25) is 19.7 Å². The molecule has 1 aliphatic heterocycles. The molecule has 1 N–H and O–H groups in total. The van der Waals surface area contributed by atoms with E-state index in [0.717, 1.165) is 0 Å². The minimum absolute atomic E-state index is 0.102. The fourth-order valence-corrected chi connectivity index (χ4v) is 2.92. The number of benzene rings is 1. The van der Waals surface area contributed by atoms with Crippen LogP contribution in [0.15, 0.2) is 41.1 Å². The zero-order valence-electron chi connectivity index (χ0n) is 14.6. The lowest BCUT2D eigenvalue weighted by molar-refractivity contribution is -0.385. The molecule has 0 fully saturated rings. The third-order valence-electron chi connectivity index (χ3n) is 3.64. The van der Waals surface area contributed by atoms with E-state index in [2.05, 4.69) is 5.32 Å². The van der Waals surface area contributed by atoms with Crippen molar-refractivity contribution in [2.75, 3.05) is 0 Å². The Morgan fingerprint density at radius 1 is 1.12 bits per heavy atom. The second-order valence-corrected chi connectivity index (χ2v) is 6.12. The third kappa shape index (κ3) is 4.02. The largest absolute Gasteiger partial charge is 0.428 e. The molecule has 1 aromatic carbocycles. The summed E-state index contributed by atoms with van der Waals surface area (Å²) >= 11 is 6.03. The first-order valence-electron chi connectivity index (χ1n) is 7.61. The van der Waals surface area contributed by atoms with E-state index in [1.54, 1.807) is 13.8 Å². The molecule has 1 heterocycles. The average molecular weight is 381 g/mol. The lowest BCUT2D eigenvalue weighted by Crippen LogP contribution is -2.28. The first-order chi connectivity index (χ1) is 12.1. The highest BCUT2D eigenvalue weighted by molar-refractivity contribution is 6.30. The molecule has 138 valence electrons. The maximum Gasteiger partial charge on any atom is 0.307 e. The number of allylic oxidation sites excluding steroid dienone is 2. The lowest BCUT2D eigenvalue weighted by atomic mass is 9.89. The van der Waals surface area contributed by atoms with Crippen LogP contribution in [-0.4, -0.2) is 16.9 Å². The molecule has 2 rings (SSSR count). The van der Waals surface area contributed by atoms with Crippen molar-refractivity contribution < 1.29 is 24.0 Å². The van der Waals surface area contributed by atoms with E-state index in [1.165, 1.54) is 32.0 Å². The number of carbonyl (C=O) groups is 2. The van der Waals surface area contributed by atoms with Gasteiger partial charge in [0.1, 0.15) is 17.4 Å². The Labute approximate surface area is 154 Å². The normalized spacial score (nSPS) is 14.8. The van der Waals surface area contributed by atoms with Crippen LogP contribution in [0, 0.1) is 10.1 Å².